The molecule has 0 aliphatic heterocycles. The van der Waals surface area contributed by atoms with Crippen LogP contribution in [0.5, 0.6) is 0 Å². The van der Waals surface area contributed by atoms with E-state index in [2.05, 4.69) is 43.0 Å². The van der Waals surface area contributed by atoms with Gasteiger partial charge < -0.3 is 0 Å². The molecule has 0 saturated heterocycles. The molecule has 1 rings (SSSR count). The first-order valence-electron chi connectivity index (χ1n) is 4.59. The molecule has 0 saturated carbocycles. The van der Waals surface area contributed by atoms with Crippen LogP contribution >= 0.6 is 0 Å². The summed E-state index contributed by atoms with van der Waals surface area (Å²) in [6, 6.07) is 8.40. The highest BCUT2D eigenvalue weighted by Gasteiger charge is 1.98. The smallest absolute Gasteiger partial charge is 0.0860 e. The lowest BCUT2D eigenvalue weighted by Crippen LogP contribution is -1.95. The molecule has 0 fully saturated rings. The van der Waals surface area contributed by atoms with Crippen molar-refractivity contribution >= 4 is 0 Å². The zero-order valence-electron chi connectivity index (χ0n) is 8.16. The summed E-state index contributed by atoms with van der Waals surface area (Å²) in [6.07, 6.45) is 0.759. The van der Waals surface area contributed by atoms with Crippen LogP contribution < -0.4 is 0 Å². The standard InChI is InChI=1S/C11H16O2/c1-9(2)11-5-3-10(4-6-11)7-8-13-12/h3-6,9,12H,7-8H2,1-2H3. The van der Waals surface area contributed by atoms with E-state index in [1.165, 1.54) is 11.1 Å². The van der Waals surface area contributed by atoms with E-state index in [1.54, 1.807) is 0 Å². The second-order valence-electron chi connectivity index (χ2n) is 3.48. The molecule has 0 atom stereocenters. The minimum atomic E-state index is 0.362. The molecule has 1 aromatic carbocycles. The van der Waals surface area contributed by atoms with E-state index in [1.807, 2.05) is 0 Å². The zero-order valence-corrected chi connectivity index (χ0v) is 8.16. The second-order valence-corrected chi connectivity index (χ2v) is 3.48. The van der Waals surface area contributed by atoms with Gasteiger partial charge in [-0.05, 0) is 23.5 Å². The largest absolute Gasteiger partial charge is 0.252 e. The lowest BCUT2D eigenvalue weighted by atomic mass is 10.0. The van der Waals surface area contributed by atoms with Crippen molar-refractivity contribution in [2.75, 3.05) is 6.61 Å². The lowest BCUT2D eigenvalue weighted by molar-refractivity contribution is -0.241. The zero-order chi connectivity index (χ0) is 9.68. The molecule has 2 heteroatoms. The van der Waals surface area contributed by atoms with Gasteiger partial charge in [-0.1, -0.05) is 38.1 Å². The van der Waals surface area contributed by atoms with Crippen LogP contribution in [0, 0.1) is 0 Å². The van der Waals surface area contributed by atoms with Gasteiger partial charge in [0.05, 0.1) is 6.61 Å². The van der Waals surface area contributed by atoms with E-state index < -0.39 is 0 Å². The van der Waals surface area contributed by atoms with Crippen molar-refractivity contribution in [3.05, 3.63) is 35.4 Å². The highest BCUT2D eigenvalue weighted by Crippen LogP contribution is 2.14. The van der Waals surface area contributed by atoms with Crippen LogP contribution in [0.1, 0.15) is 30.9 Å². The van der Waals surface area contributed by atoms with Crippen molar-refractivity contribution in [2.45, 2.75) is 26.2 Å². The van der Waals surface area contributed by atoms with Crippen LogP contribution in [0.25, 0.3) is 0 Å². The van der Waals surface area contributed by atoms with Crippen molar-refractivity contribution in [1.29, 1.82) is 0 Å². The van der Waals surface area contributed by atoms with Gasteiger partial charge in [0.15, 0.2) is 0 Å². The quantitative estimate of drug-likeness (QED) is 0.570. The van der Waals surface area contributed by atoms with Crippen LogP contribution in [-0.2, 0) is 11.3 Å². The van der Waals surface area contributed by atoms with E-state index in [-0.39, 0.29) is 0 Å². The summed E-state index contributed by atoms with van der Waals surface area (Å²) in [4.78, 5) is 4.02. The van der Waals surface area contributed by atoms with Crippen molar-refractivity contribution in [3.8, 4) is 0 Å². The number of benzene rings is 1. The SMILES string of the molecule is CC(C)c1ccc(CCOO)cc1. The molecule has 0 amide bonds. The fourth-order valence-corrected chi connectivity index (χ4v) is 1.23. The predicted octanol–water partition coefficient (Wildman–Crippen LogP) is 2.84. The summed E-state index contributed by atoms with van der Waals surface area (Å²) in [6.45, 7) is 4.71. The van der Waals surface area contributed by atoms with Crippen molar-refractivity contribution in [2.24, 2.45) is 0 Å². The normalized spacial score (nSPS) is 10.8. The molecule has 0 radical (unpaired) electrons. The first-order chi connectivity index (χ1) is 6.24. The van der Waals surface area contributed by atoms with E-state index in [4.69, 9.17) is 5.26 Å². The van der Waals surface area contributed by atoms with Crippen LogP contribution in [-0.4, -0.2) is 11.9 Å². The fraction of sp³-hybridized carbons (Fsp3) is 0.455. The third-order valence-corrected chi connectivity index (χ3v) is 2.13. The summed E-state index contributed by atoms with van der Waals surface area (Å²) >= 11 is 0. The average Bonchev–Trinajstić information content (AvgIpc) is 2.15. The molecule has 0 aliphatic carbocycles. The maximum atomic E-state index is 8.17. The van der Waals surface area contributed by atoms with Crippen molar-refractivity contribution in [3.63, 3.8) is 0 Å². The minimum Gasteiger partial charge on any atom is -0.252 e. The Hall–Kier alpha value is -0.860. The number of hydrogen-bond acceptors (Lipinski definition) is 2. The van der Waals surface area contributed by atoms with Gasteiger partial charge in [0.1, 0.15) is 0 Å². The highest BCUT2D eigenvalue weighted by molar-refractivity contribution is 5.24. The fourth-order valence-electron chi connectivity index (χ4n) is 1.23. The van der Waals surface area contributed by atoms with Crippen LogP contribution in [0.15, 0.2) is 24.3 Å². The van der Waals surface area contributed by atoms with E-state index in [0.717, 1.165) is 6.42 Å². The van der Waals surface area contributed by atoms with Crippen molar-refractivity contribution in [1.82, 2.24) is 0 Å². The number of hydrogen-bond donors (Lipinski definition) is 1. The first kappa shape index (κ1) is 10.2. The summed E-state index contributed by atoms with van der Waals surface area (Å²) in [5, 5.41) is 8.17. The summed E-state index contributed by atoms with van der Waals surface area (Å²) < 4.78 is 0. The molecule has 0 spiro atoms. The van der Waals surface area contributed by atoms with Crippen LogP contribution in [0.3, 0.4) is 0 Å². The maximum Gasteiger partial charge on any atom is 0.0860 e. The molecule has 72 valence electrons. The molecule has 0 bridgehead atoms. The number of rotatable bonds is 4. The molecule has 0 unspecified atom stereocenters. The Morgan fingerprint density at radius 1 is 1.23 bits per heavy atom. The highest BCUT2D eigenvalue weighted by atomic mass is 17.1. The van der Waals surface area contributed by atoms with Gasteiger partial charge in [-0.25, -0.2) is 4.89 Å². The Bertz CT molecular complexity index is 239. The summed E-state index contributed by atoms with van der Waals surface area (Å²) in [7, 11) is 0. The predicted molar refractivity (Wildman–Crippen MR) is 52.8 cm³/mol. The Kier molecular flexibility index (Phi) is 3.93. The topological polar surface area (TPSA) is 29.5 Å². The molecular weight excluding hydrogens is 164 g/mol. The molecule has 1 aromatic rings. The lowest BCUT2D eigenvalue weighted by Gasteiger charge is -2.05. The molecular formula is C11H16O2. The van der Waals surface area contributed by atoms with Crippen LogP contribution in [0.2, 0.25) is 0 Å². The molecule has 0 heterocycles. The Morgan fingerprint density at radius 2 is 1.85 bits per heavy atom. The van der Waals surface area contributed by atoms with Crippen molar-refractivity contribution < 1.29 is 10.1 Å². The Morgan fingerprint density at radius 3 is 2.31 bits per heavy atom. The second kappa shape index (κ2) is 5.00. The molecule has 13 heavy (non-hydrogen) atoms. The van der Waals surface area contributed by atoms with Gasteiger partial charge in [-0.3, -0.25) is 5.26 Å². The maximum absolute atomic E-state index is 8.17. The molecule has 0 aromatic heterocycles. The summed E-state index contributed by atoms with van der Waals surface area (Å²) in [5.41, 5.74) is 2.53. The van der Waals surface area contributed by atoms with E-state index in [9.17, 15) is 0 Å². The van der Waals surface area contributed by atoms with E-state index >= 15 is 0 Å². The van der Waals surface area contributed by atoms with Crippen LogP contribution in [0.4, 0.5) is 0 Å². The molecule has 0 aliphatic rings. The van der Waals surface area contributed by atoms with E-state index in [0.29, 0.717) is 12.5 Å². The Balaban J connectivity index is 2.59. The molecule has 1 N–H and O–H groups in total. The van der Waals surface area contributed by atoms with Gasteiger partial charge in [-0.15, -0.1) is 0 Å². The third kappa shape index (κ3) is 3.17. The van der Waals surface area contributed by atoms with Gasteiger partial charge in [0.2, 0.25) is 0 Å². The van der Waals surface area contributed by atoms with Gasteiger partial charge in [0.25, 0.3) is 0 Å². The van der Waals surface area contributed by atoms with Gasteiger partial charge >= 0.3 is 0 Å². The molecule has 2 nitrogen and oxygen atoms in total. The average molecular weight is 180 g/mol. The summed E-state index contributed by atoms with van der Waals surface area (Å²) in [5.74, 6) is 0.572. The first-order valence-corrected chi connectivity index (χ1v) is 4.59. The third-order valence-electron chi connectivity index (χ3n) is 2.13. The Labute approximate surface area is 79.1 Å². The van der Waals surface area contributed by atoms with Gasteiger partial charge in [-0.2, -0.15) is 0 Å². The minimum absolute atomic E-state index is 0.362. The van der Waals surface area contributed by atoms with Gasteiger partial charge in [0, 0.05) is 0 Å². The monoisotopic (exact) mass is 180 g/mol.